The van der Waals surface area contributed by atoms with Crippen LogP contribution in [0.3, 0.4) is 0 Å². The van der Waals surface area contributed by atoms with Crippen molar-refractivity contribution in [2.24, 2.45) is 0 Å². The SMILES string of the molecule is Cc1ccc(CN2C(=O)C(O)=C(c3ccccc3)[C@@H]2c2ccccc2Br)cc1. The fourth-order valence-electron chi connectivity index (χ4n) is 3.64. The van der Waals surface area contributed by atoms with Crippen molar-refractivity contribution in [1.82, 2.24) is 4.90 Å². The predicted molar refractivity (Wildman–Crippen MR) is 115 cm³/mol. The molecule has 140 valence electrons. The second-order valence-electron chi connectivity index (χ2n) is 6.97. The van der Waals surface area contributed by atoms with Gasteiger partial charge in [0.2, 0.25) is 0 Å². The molecule has 3 aromatic rings. The van der Waals surface area contributed by atoms with Crippen LogP contribution in [0.25, 0.3) is 5.57 Å². The lowest BCUT2D eigenvalue weighted by Crippen LogP contribution is -2.30. The number of carbonyl (C=O) groups excluding carboxylic acids is 1. The van der Waals surface area contributed by atoms with E-state index in [9.17, 15) is 9.90 Å². The number of carbonyl (C=O) groups is 1. The molecule has 0 spiro atoms. The van der Waals surface area contributed by atoms with Gasteiger partial charge in [0.1, 0.15) is 0 Å². The molecule has 0 saturated carbocycles. The Bertz CT molecular complexity index is 1040. The maximum atomic E-state index is 13.1. The van der Waals surface area contributed by atoms with Gasteiger partial charge in [0.25, 0.3) is 5.91 Å². The van der Waals surface area contributed by atoms with Crippen LogP contribution < -0.4 is 0 Å². The van der Waals surface area contributed by atoms with E-state index in [1.54, 1.807) is 4.90 Å². The summed E-state index contributed by atoms with van der Waals surface area (Å²) in [6, 6.07) is 25.2. The van der Waals surface area contributed by atoms with Crippen molar-refractivity contribution in [1.29, 1.82) is 0 Å². The Balaban J connectivity index is 1.83. The monoisotopic (exact) mass is 433 g/mol. The Morgan fingerprint density at radius 2 is 1.57 bits per heavy atom. The van der Waals surface area contributed by atoms with Gasteiger partial charge >= 0.3 is 0 Å². The van der Waals surface area contributed by atoms with E-state index in [0.717, 1.165) is 21.2 Å². The molecule has 28 heavy (non-hydrogen) atoms. The van der Waals surface area contributed by atoms with Crippen LogP contribution in [-0.4, -0.2) is 15.9 Å². The van der Waals surface area contributed by atoms with Gasteiger partial charge in [-0.05, 0) is 29.7 Å². The molecule has 0 saturated heterocycles. The Labute approximate surface area is 173 Å². The fraction of sp³-hybridized carbons (Fsp3) is 0.125. The molecule has 4 rings (SSSR count). The number of benzene rings is 3. The number of aliphatic hydroxyl groups is 1. The molecule has 0 radical (unpaired) electrons. The Morgan fingerprint density at radius 1 is 0.929 bits per heavy atom. The molecule has 1 aliphatic heterocycles. The fourth-order valence-corrected chi connectivity index (χ4v) is 4.14. The molecule has 3 aromatic carbocycles. The summed E-state index contributed by atoms with van der Waals surface area (Å²) >= 11 is 3.63. The van der Waals surface area contributed by atoms with Crippen LogP contribution in [0.1, 0.15) is 28.3 Å². The van der Waals surface area contributed by atoms with Gasteiger partial charge in [-0.25, -0.2) is 0 Å². The summed E-state index contributed by atoms with van der Waals surface area (Å²) in [6.07, 6.45) is 0. The van der Waals surface area contributed by atoms with E-state index in [0.29, 0.717) is 12.1 Å². The molecule has 1 atom stereocenters. The lowest BCUT2D eigenvalue weighted by molar-refractivity contribution is -0.130. The number of hydrogen-bond donors (Lipinski definition) is 1. The second-order valence-corrected chi connectivity index (χ2v) is 7.83. The Morgan fingerprint density at radius 3 is 2.25 bits per heavy atom. The van der Waals surface area contributed by atoms with E-state index in [1.807, 2.05) is 85.8 Å². The van der Waals surface area contributed by atoms with E-state index in [1.165, 1.54) is 5.56 Å². The third-order valence-electron chi connectivity index (χ3n) is 5.06. The van der Waals surface area contributed by atoms with Gasteiger partial charge in [-0.1, -0.05) is 94.3 Å². The number of amides is 1. The highest BCUT2D eigenvalue weighted by molar-refractivity contribution is 9.10. The summed E-state index contributed by atoms with van der Waals surface area (Å²) in [7, 11) is 0. The molecule has 4 heteroatoms. The number of halogens is 1. The molecular formula is C24H20BrNO2. The Kier molecular flexibility index (Phi) is 5.05. The topological polar surface area (TPSA) is 40.5 Å². The van der Waals surface area contributed by atoms with Crippen LogP contribution in [0.2, 0.25) is 0 Å². The Hall–Kier alpha value is -2.85. The van der Waals surface area contributed by atoms with Gasteiger partial charge in [0.15, 0.2) is 5.76 Å². The molecule has 0 aliphatic carbocycles. The summed E-state index contributed by atoms with van der Waals surface area (Å²) in [4.78, 5) is 14.8. The molecule has 0 fully saturated rings. The lowest BCUT2D eigenvalue weighted by atomic mass is 9.93. The van der Waals surface area contributed by atoms with E-state index < -0.39 is 0 Å². The lowest BCUT2D eigenvalue weighted by Gasteiger charge is -2.28. The average Bonchev–Trinajstić information content (AvgIpc) is 2.95. The molecule has 0 aromatic heterocycles. The summed E-state index contributed by atoms with van der Waals surface area (Å²) < 4.78 is 0.907. The summed E-state index contributed by atoms with van der Waals surface area (Å²) in [5.41, 5.74) is 4.64. The van der Waals surface area contributed by atoms with Crippen molar-refractivity contribution >= 4 is 27.4 Å². The van der Waals surface area contributed by atoms with Crippen LogP contribution in [0.4, 0.5) is 0 Å². The van der Waals surface area contributed by atoms with Gasteiger partial charge in [-0.15, -0.1) is 0 Å². The van der Waals surface area contributed by atoms with Crippen LogP contribution >= 0.6 is 15.9 Å². The number of aryl methyl sites for hydroxylation is 1. The number of aliphatic hydroxyl groups excluding tert-OH is 1. The zero-order valence-electron chi connectivity index (χ0n) is 15.5. The molecule has 1 aliphatic rings. The van der Waals surface area contributed by atoms with Gasteiger partial charge in [0, 0.05) is 16.6 Å². The molecule has 3 nitrogen and oxygen atoms in total. The predicted octanol–water partition coefficient (Wildman–Crippen LogP) is 5.81. The van der Waals surface area contributed by atoms with E-state index in [-0.39, 0.29) is 17.7 Å². The van der Waals surface area contributed by atoms with Crippen molar-refractivity contribution in [3.63, 3.8) is 0 Å². The van der Waals surface area contributed by atoms with Gasteiger partial charge in [0.05, 0.1) is 6.04 Å². The standard InChI is InChI=1S/C24H20BrNO2/c1-16-11-13-17(14-12-16)15-26-22(19-9-5-6-10-20(19)25)21(23(27)24(26)28)18-7-3-2-4-8-18/h2-14,22,27H,15H2,1H3/t22-/m0/s1. The smallest absolute Gasteiger partial charge is 0.290 e. The molecule has 1 N–H and O–H groups in total. The van der Waals surface area contributed by atoms with Gasteiger partial charge in [-0.3, -0.25) is 4.79 Å². The van der Waals surface area contributed by atoms with Crippen molar-refractivity contribution in [3.05, 3.63) is 111 Å². The van der Waals surface area contributed by atoms with Crippen LogP contribution in [0.15, 0.2) is 89.1 Å². The van der Waals surface area contributed by atoms with E-state index in [4.69, 9.17) is 0 Å². The summed E-state index contributed by atoms with van der Waals surface area (Å²) in [5, 5.41) is 10.8. The first-order valence-electron chi connectivity index (χ1n) is 9.16. The van der Waals surface area contributed by atoms with Crippen molar-refractivity contribution in [2.45, 2.75) is 19.5 Å². The third kappa shape index (κ3) is 3.36. The highest BCUT2D eigenvalue weighted by Crippen LogP contribution is 2.45. The number of hydrogen-bond acceptors (Lipinski definition) is 2. The summed E-state index contributed by atoms with van der Waals surface area (Å²) in [6.45, 7) is 2.46. The first-order valence-corrected chi connectivity index (χ1v) is 9.95. The summed E-state index contributed by atoms with van der Waals surface area (Å²) in [5.74, 6) is -0.528. The van der Waals surface area contributed by atoms with Crippen LogP contribution in [-0.2, 0) is 11.3 Å². The second kappa shape index (κ2) is 7.64. The molecular weight excluding hydrogens is 414 g/mol. The van der Waals surface area contributed by atoms with Crippen molar-refractivity contribution in [3.8, 4) is 0 Å². The minimum absolute atomic E-state index is 0.181. The first kappa shape index (κ1) is 18.5. The van der Waals surface area contributed by atoms with E-state index in [2.05, 4.69) is 15.9 Å². The largest absolute Gasteiger partial charge is 0.503 e. The number of rotatable bonds is 4. The van der Waals surface area contributed by atoms with Crippen LogP contribution in [0, 0.1) is 6.92 Å². The highest BCUT2D eigenvalue weighted by atomic mass is 79.9. The third-order valence-corrected chi connectivity index (χ3v) is 5.78. The minimum Gasteiger partial charge on any atom is -0.503 e. The van der Waals surface area contributed by atoms with Crippen molar-refractivity contribution < 1.29 is 9.90 Å². The normalized spacial score (nSPS) is 16.7. The average molecular weight is 434 g/mol. The highest BCUT2D eigenvalue weighted by Gasteiger charge is 2.41. The van der Waals surface area contributed by atoms with Crippen molar-refractivity contribution in [2.75, 3.05) is 0 Å². The molecule has 1 heterocycles. The maximum Gasteiger partial charge on any atom is 0.290 e. The van der Waals surface area contributed by atoms with Crippen LogP contribution in [0.5, 0.6) is 0 Å². The van der Waals surface area contributed by atoms with Gasteiger partial charge < -0.3 is 10.0 Å². The number of nitrogens with zero attached hydrogens (tertiary/aromatic N) is 1. The van der Waals surface area contributed by atoms with Gasteiger partial charge in [-0.2, -0.15) is 0 Å². The van der Waals surface area contributed by atoms with E-state index >= 15 is 0 Å². The zero-order valence-corrected chi connectivity index (χ0v) is 17.1. The first-order chi connectivity index (χ1) is 13.6. The minimum atomic E-state index is -0.369. The molecule has 1 amide bonds. The maximum absolute atomic E-state index is 13.1. The zero-order chi connectivity index (χ0) is 19.7. The quantitative estimate of drug-likeness (QED) is 0.563. The molecule has 0 unspecified atom stereocenters. The molecule has 0 bridgehead atoms.